The average molecular weight is 441 g/mol. The van der Waals surface area contributed by atoms with Crippen molar-refractivity contribution < 1.29 is 27.2 Å². The monoisotopic (exact) mass is 441 g/mol. The minimum Gasteiger partial charge on any atom is -0.467 e. The highest BCUT2D eigenvalue weighted by molar-refractivity contribution is 6.16. The first kappa shape index (κ1) is 21.4. The number of halogens is 3. The van der Waals surface area contributed by atoms with Crippen LogP contribution in [0.2, 0.25) is 0 Å². The van der Waals surface area contributed by atoms with Gasteiger partial charge in [-0.05, 0) is 30.7 Å². The third-order valence-electron chi connectivity index (χ3n) is 5.10. The molecule has 4 rings (SSSR count). The van der Waals surface area contributed by atoms with Crippen molar-refractivity contribution in [1.82, 2.24) is 10.2 Å². The second-order valence-corrected chi connectivity index (χ2v) is 7.25. The molecule has 0 fully saturated rings. The zero-order valence-corrected chi connectivity index (χ0v) is 16.9. The standard InChI is InChI=1S/C23H18F3N3O3/c1-15-8-5-6-12-18(15)20(30)28-22(23(24,25)26)21(31)29(14-17-11-7-13-32-17)19(27-22)16-9-3-2-4-10-16/h2-13H,14H2,1H3,(H,28,30)/t22-/m1/s1. The van der Waals surface area contributed by atoms with Crippen LogP contribution in [0.25, 0.3) is 0 Å². The number of nitrogens with one attached hydrogen (secondary N) is 1. The molecule has 0 unspecified atom stereocenters. The fourth-order valence-corrected chi connectivity index (χ4v) is 3.47. The molecule has 0 radical (unpaired) electrons. The van der Waals surface area contributed by atoms with Crippen LogP contribution in [0.5, 0.6) is 0 Å². The van der Waals surface area contributed by atoms with Crippen molar-refractivity contribution in [3.63, 3.8) is 0 Å². The summed E-state index contributed by atoms with van der Waals surface area (Å²) in [4.78, 5) is 30.8. The Bertz CT molecular complexity index is 1170. The summed E-state index contributed by atoms with van der Waals surface area (Å²) in [6.45, 7) is 1.31. The summed E-state index contributed by atoms with van der Waals surface area (Å²) in [5, 5.41) is 1.88. The molecule has 2 heterocycles. The molecule has 9 heteroatoms. The number of benzene rings is 2. The van der Waals surface area contributed by atoms with Crippen molar-refractivity contribution in [2.75, 3.05) is 0 Å². The van der Waals surface area contributed by atoms with Gasteiger partial charge in [0.05, 0.1) is 12.8 Å². The lowest BCUT2D eigenvalue weighted by Gasteiger charge is -2.29. The van der Waals surface area contributed by atoms with Gasteiger partial charge < -0.3 is 9.73 Å². The van der Waals surface area contributed by atoms with Crippen molar-refractivity contribution in [1.29, 1.82) is 0 Å². The van der Waals surface area contributed by atoms with Gasteiger partial charge in [-0.25, -0.2) is 4.99 Å². The summed E-state index contributed by atoms with van der Waals surface area (Å²) >= 11 is 0. The number of nitrogens with zero attached hydrogens (tertiary/aromatic N) is 2. The van der Waals surface area contributed by atoms with Gasteiger partial charge in [0.25, 0.3) is 11.8 Å². The molecule has 1 aliphatic rings. The molecular weight excluding hydrogens is 423 g/mol. The van der Waals surface area contributed by atoms with E-state index in [1.165, 1.54) is 36.6 Å². The molecule has 1 N–H and O–H groups in total. The van der Waals surface area contributed by atoms with Gasteiger partial charge >= 0.3 is 11.8 Å². The molecule has 2 aromatic carbocycles. The number of hydrogen-bond donors (Lipinski definition) is 1. The number of aliphatic imine (C=N–C) groups is 1. The molecule has 0 aliphatic carbocycles. The first-order chi connectivity index (χ1) is 15.2. The van der Waals surface area contributed by atoms with Crippen LogP contribution in [-0.4, -0.2) is 34.4 Å². The fraction of sp³-hybridized carbons (Fsp3) is 0.174. The fourth-order valence-electron chi connectivity index (χ4n) is 3.47. The quantitative estimate of drug-likeness (QED) is 0.649. The van der Waals surface area contributed by atoms with E-state index in [-0.39, 0.29) is 23.7 Å². The minimum atomic E-state index is -5.19. The normalized spacial score (nSPS) is 18.6. The molecule has 0 spiro atoms. The Balaban J connectivity index is 1.82. The van der Waals surface area contributed by atoms with Gasteiger partial charge in [-0.3, -0.25) is 14.5 Å². The van der Waals surface area contributed by atoms with Gasteiger partial charge in [-0.1, -0.05) is 48.5 Å². The van der Waals surface area contributed by atoms with Gasteiger partial charge in [0, 0.05) is 11.1 Å². The lowest BCUT2D eigenvalue weighted by molar-refractivity contribution is -0.196. The number of carbonyl (C=O) groups is 2. The van der Waals surface area contributed by atoms with Gasteiger partial charge in [-0.2, -0.15) is 13.2 Å². The summed E-state index contributed by atoms with van der Waals surface area (Å²) < 4.78 is 48.4. The summed E-state index contributed by atoms with van der Waals surface area (Å²) in [6, 6.07) is 17.3. The molecule has 0 saturated carbocycles. The van der Waals surface area contributed by atoms with Crippen LogP contribution in [0.3, 0.4) is 0 Å². The van der Waals surface area contributed by atoms with E-state index in [0.29, 0.717) is 11.1 Å². The Hall–Kier alpha value is -3.88. The van der Waals surface area contributed by atoms with E-state index in [4.69, 9.17) is 4.42 Å². The highest BCUT2D eigenvalue weighted by atomic mass is 19.4. The molecule has 1 atom stereocenters. The predicted molar refractivity (Wildman–Crippen MR) is 110 cm³/mol. The molecule has 164 valence electrons. The average Bonchev–Trinajstić information content (AvgIpc) is 3.37. The van der Waals surface area contributed by atoms with Crippen molar-refractivity contribution in [2.45, 2.75) is 25.3 Å². The number of hydrogen-bond acceptors (Lipinski definition) is 4. The van der Waals surface area contributed by atoms with E-state index in [9.17, 15) is 22.8 Å². The summed E-state index contributed by atoms with van der Waals surface area (Å²) in [7, 11) is 0. The first-order valence-electron chi connectivity index (χ1n) is 9.67. The number of carbonyl (C=O) groups excluding carboxylic acids is 2. The van der Waals surface area contributed by atoms with Gasteiger partial charge in [-0.15, -0.1) is 0 Å². The number of aryl methyl sites for hydroxylation is 1. The molecule has 3 aromatic rings. The zero-order chi connectivity index (χ0) is 22.9. The van der Waals surface area contributed by atoms with Crippen LogP contribution in [0.1, 0.15) is 27.2 Å². The topological polar surface area (TPSA) is 74.9 Å². The highest BCUT2D eigenvalue weighted by Crippen LogP contribution is 2.39. The first-order valence-corrected chi connectivity index (χ1v) is 9.67. The number of amidine groups is 1. The third-order valence-corrected chi connectivity index (χ3v) is 5.10. The lowest BCUT2D eigenvalue weighted by Crippen LogP contribution is -2.63. The van der Waals surface area contributed by atoms with Crippen molar-refractivity contribution in [3.8, 4) is 0 Å². The number of alkyl halides is 3. The molecule has 1 aliphatic heterocycles. The van der Waals surface area contributed by atoms with Crippen LogP contribution in [-0.2, 0) is 11.3 Å². The number of amides is 2. The Kier molecular flexibility index (Phi) is 5.33. The second kappa shape index (κ2) is 7.99. The second-order valence-electron chi connectivity index (χ2n) is 7.25. The van der Waals surface area contributed by atoms with E-state index < -0.39 is 23.7 Å². The molecular formula is C23H18F3N3O3. The molecule has 6 nitrogen and oxygen atoms in total. The Labute approximate surface area is 181 Å². The number of rotatable bonds is 5. The Morgan fingerprint density at radius 1 is 1.06 bits per heavy atom. The van der Waals surface area contributed by atoms with E-state index in [1.54, 1.807) is 43.3 Å². The van der Waals surface area contributed by atoms with Gasteiger partial charge in [0.2, 0.25) is 0 Å². The molecule has 0 bridgehead atoms. The van der Waals surface area contributed by atoms with Crippen LogP contribution < -0.4 is 5.32 Å². The minimum absolute atomic E-state index is 0.0184. The Morgan fingerprint density at radius 3 is 2.38 bits per heavy atom. The molecule has 1 aromatic heterocycles. The van der Waals surface area contributed by atoms with E-state index >= 15 is 0 Å². The zero-order valence-electron chi connectivity index (χ0n) is 16.9. The molecule has 0 saturated heterocycles. The highest BCUT2D eigenvalue weighted by Gasteiger charge is 2.67. The van der Waals surface area contributed by atoms with Gasteiger partial charge in [0.1, 0.15) is 11.6 Å². The predicted octanol–water partition coefficient (Wildman–Crippen LogP) is 4.07. The maximum absolute atomic E-state index is 14.4. The molecule has 2 amide bonds. The van der Waals surface area contributed by atoms with Gasteiger partial charge in [0.15, 0.2) is 0 Å². The maximum Gasteiger partial charge on any atom is 0.442 e. The third kappa shape index (κ3) is 3.66. The largest absolute Gasteiger partial charge is 0.467 e. The van der Waals surface area contributed by atoms with Crippen LogP contribution in [0, 0.1) is 6.92 Å². The van der Waals surface area contributed by atoms with Crippen molar-refractivity contribution in [2.24, 2.45) is 4.99 Å². The van der Waals surface area contributed by atoms with Crippen LogP contribution >= 0.6 is 0 Å². The van der Waals surface area contributed by atoms with Crippen molar-refractivity contribution >= 4 is 17.6 Å². The SMILES string of the molecule is Cc1ccccc1C(=O)N[C@]1(C(F)(F)F)N=C(c2ccccc2)N(Cc2ccco2)C1=O. The number of furan rings is 1. The smallest absolute Gasteiger partial charge is 0.442 e. The van der Waals surface area contributed by atoms with E-state index in [1.807, 2.05) is 5.32 Å². The molecule has 32 heavy (non-hydrogen) atoms. The Morgan fingerprint density at radius 2 is 1.75 bits per heavy atom. The summed E-state index contributed by atoms with van der Waals surface area (Å²) in [5.74, 6) is -2.41. The van der Waals surface area contributed by atoms with E-state index in [2.05, 4.69) is 4.99 Å². The van der Waals surface area contributed by atoms with E-state index in [0.717, 1.165) is 4.90 Å². The van der Waals surface area contributed by atoms with Crippen LogP contribution in [0.4, 0.5) is 13.2 Å². The maximum atomic E-state index is 14.4. The van der Waals surface area contributed by atoms with Crippen molar-refractivity contribution in [3.05, 3.63) is 95.4 Å². The van der Waals surface area contributed by atoms with Crippen LogP contribution in [0.15, 0.2) is 82.4 Å². The lowest BCUT2D eigenvalue weighted by atomic mass is 10.1. The summed E-state index contributed by atoms with van der Waals surface area (Å²) in [5.41, 5.74) is -2.69. The summed E-state index contributed by atoms with van der Waals surface area (Å²) in [6.07, 6.45) is -3.84.